The average Bonchev–Trinajstić information content (AvgIpc) is 3.00. The zero-order chi connectivity index (χ0) is 18.3. The number of aryl methyl sites for hydroxylation is 2. The van der Waals surface area contributed by atoms with Crippen LogP contribution in [0.15, 0.2) is 66.7 Å². The molecule has 0 unspecified atom stereocenters. The SMILES string of the molecule is Cc1cccc(-n2nc3cc(C)ccc3c2C(=O)c2ccc(Cl)cc2)c1. The summed E-state index contributed by atoms with van der Waals surface area (Å²) in [6.07, 6.45) is 0. The maximum absolute atomic E-state index is 13.3. The van der Waals surface area contributed by atoms with E-state index in [0.29, 0.717) is 16.3 Å². The second-order valence-corrected chi connectivity index (χ2v) is 6.89. The van der Waals surface area contributed by atoms with E-state index in [2.05, 4.69) is 0 Å². The Morgan fingerprint density at radius 2 is 1.65 bits per heavy atom. The molecule has 0 aliphatic heterocycles. The first-order valence-corrected chi connectivity index (χ1v) is 8.77. The van der Waals surface area contributed by atoms with Crippen molar-refractivity contribution in [1.82, 2.24) is 9.78 Å². The van der Waals surface area contributed by atoms with Crippen LogP contribution in [0.2, 0.25) is 5.02 Å². The van der Waals surface area contributed by atoms with Gasteiger partial charge in [0.2, 0.25) is 5.78 Å². The molecule has 0 radical (unpaired) electrons. The molecule has 26 heavy (non-hydrogen) atoms. The predicted octanol–water partition coefficient (Wildman–Crippen LogP) is 5.53. The zero-order valence-corrected chi connectivity index (χ0v) is 15.3. The molecule has 0 fully saturated rings. The topological polar surface area (TPSA) is 34.9 Å². The highest BCUT2D eigenvalue weighted by Gasteiger charge is 2.21. The highest BCUT2D eigenvalue weighted by atomic mass is 35.5. The number of hydrogen-bond acceptors (Lipinski definition) is 2. The van der Waals surface area contributed by atoms with Crippen LogP contribution in [0.25, 0.3) is 16.6 Å². The molecule has 4 heteroatoms. The fourth-order valence-electron chi connectivity index (χ4n) is 3.10. The van der Waals surface area contributed by atoms with Crippen LogP contribution in [0.1, 0.15) is 27.2 Å². The minimum atomic E-state index is -0.0745. The minimum Gasteiger partial charge on any atom is -0.287 e. The van der Waals surface area contributed by atoms with Crippen LogP contribution >= 0.6 is 11.6 Å². The molecule has 4 aromatic rings. The summed E-state index contributed by atoms with van der Waals surface area (Å²) >= 11 is 5.97. The van der Waals surface area contributed by atoms with Crippen molar-refractivity contribution in [3.05, 3.63) is 94.1 Å². The lowest BCUT2D eigenvalue weighted by Crippen LogP contribution is -2.10. The molecule has 0 atom stereocenters. The molecule has 0 saturated heterocycles. The van der Waals surface area contributed by atoms with Gasteiger partial charge in [-0.25, -0.2) is 4.68 Å². The van der Waals surface area contributed by atoms with E-state index < -0.39 is 0 Å². The average molecular weight is 361 g/mol. The molecule has 1 heterocycles. The standard InChI is InChI=1S/C22H17ClN2O/c1-14-4-3-5-18(12-14)25-21(19-11-6-15(2)13-20(19)24-25)22(26)16-7-9-17(23)10-8-16/h3-13H,1-2H3. The number of hydrogen-bond donors (Lipinski definition) is 0. The largest absolute Gasteiger partial charge is 0.287 e. The minimum absolute atomic E-state index is 0.0745. The Balaban J connectivity index is 1.98. The number of ketones is 1. The van der Waals surface area contributed by atoms with Crippen molar-refractivity contribution >= 4 is 28.3 Å². The summed E-state index contributed by atoms with van der Waals surface area (Å²) in [7, 11) is 0. The summed E-state index contributed by atoms with van der Waals surface area (Å²) in [5.74, 6) is -0.0745. The van der Waals surface area contributed by atoms with E-state index in [1.165, 1.54) is 0 Å². The second-order valence-electron chi connectivity index (χ2n) is 6.46. The highest BCUT2D eigenvalue weighted by molar-refractivity contribution is 6.30. The van der Waals surface area contributed by atoms with Gasteiger partial charge in [0.25, 0.3) is 0 Å². The van der Waals surface area contributed by atoms with Gasteiger partial charge in [0.15, 0.2) is 0 Å². The van der Waals surface area contributed by atoms with Gasteiger partial charge in [0.1, 0.15) is 5.69 Å². The van der Waals surface area contributed by atoms with Crippen LogP contribution in [0.4, 0.5) is 0 Å². The van der Waals surface area contributed by atoms with E-state index in [4.69, 9.17) is 16.7 Å². The molecular weight excluding hydrogens is 344 g/mol. The fraction of sp³-hybridized carbons (Fsp3) is 0.0909. The Hall–Kier alpha value is -2.91. The third-order valence-electron chi connectivity index (χ3n) is 4.40. The molecule has 0 spiro atoms. The van der Waals surface area contributed by atoms with E-state index in [9.17, 15) is 4.79 Å². The van der Waals surface area contributed by atoms with E-state index in [0.717, 1.165) is 27.7 Å². The Kier molecular flexibility index (Phi) is 4.09. The van der Waals surface area contributed by atoms with Crippen molar-refractivity contribution < 1.29 is 4.79 Å². The van der Waals surface area contributed by atoms with Gasteiger partial charge in [-0.3, -0.25) is 4.79 Å². The molecule has 0 aliphatic rings. The van der Waals surface area contributed by atoms with Gasteiger partial charge in [-0.05, 0) is 67.4 Å². The molecule has 0 N–H and O–H groups in total. The molecular formula is C22H17ClN2O. The summed E-state index contributed by atoms with van der Waals surface area (Å²) in [6, 6.07) is 20.9. The number of halogens is 1. The molecule has 1 aromatic heterocycles. The van der Waals surface area contributed by atoms with Crippen molar-refractivity contribution in [2.75, 3.05) is 0 Å². The van der Waals surface area contributed by atoms with Crippen molar-refractivity contribution in [3.8, 4) is 5.69 Å². The van der Waals surface area contributed by atoms with Crippen molar-refractivity contribution in [2.24, 2.45) is 0 Å². The van der Waals surface area contributed by atoms with Gasteiger partial charge < -0.3 is 0 Å². The summed E-state index contributed by atoms with van der Waals surface area (Å²) in [4.78, 5) is 13.3. The first-order valence-electron chi connectivity index (χ1n) is 8.39. The Morgan fingerprint density at radius 1 is 0.923 bits per heavy atom. The number of carbonyl (C=O) groups excluding carboxylic acids is 1. The first kappa shape index (κ1) is 16.6. The number of carbonyl (C=O) groups is 1. The van der Waals surface area contributed by atoms with E-state index >= 15 is 0 Å². The summed E-state index contributed by atoms with van der Waals surface area (Å²) in [6.45, 7) is 4.05. The van der Waals surface area contributed by atoms with Crippen molar-refractivity contribution in [2.45, 2.75) is 13.8 Å². The van der Waals surface area contributed by atoms with Crippen LogP contribution in [-0.2, 0) is 0 Å². The van der Waals surface area contributed by atoms with Gasteiger partial charge >= 0.3 is 0 Å². The van der Waals surface area contributed by atoms with Crippen LogP contribution in [0, 0.1) is 13.8 Å². The molecule has 4 rings (SSSR count). The van der Waals surface area contributed by atoms with E-state index in [1.54, 1.807) is 28.9 Å². The number of nitrogens with zero attached hydrogens (tertiary/aromatic N) is 2. The number of rotatable bonds is 3. The summed E-state index contributed by atoms with van der Waals surface area (Å²) < 4.78 is 1.74. The molecule has 128 valence electrons. The maximum Gasteiger partial charge on any atom is 0.212 e. The van der Waals surface area contributed by atoms with Crippen LogP contribution in [0.3, 0.4) is 0 Å². The van der Waals surface area contributed by atoms with Gasteiger partial charge in [0.05, 0.1) is 11.2 Å². The fourth-order valence-corrected chi connectivity index (χ4v) is 3.23. The quantitative estimate of drug-likeness (QED) is 0.450. The normalized spacial score (nSPS) is 11.0. The number of aromatic nitrogens is 2. The van der Waals surface area contributed by atoms with Gasteiger partial charge in [-0.2, -0.15) is 5.10 Å². The van der Waals surface area contributed by atoms with Crippen LogP contribution < -0.4 is 0 Å². The van der Waals surface area contributed by atoms with E-state index in [-0.39, 0.29) is 5.78 Å². The number of fused-ring (bicyclic) bond motifs is 1. The molecule has 0 amide bonds. The molecule has 3 aromatic carbocycles. The Morgan fingerprint density at radius 3 is 2.38 bits per heavy atom. The zero-order valence-electron chi connectivity index (χ0n) is 14.5. The predicted molar refractivity (Wildman–Crippen MR) is 105 cm³/mol. The van der Waals surface area contributed by atoms with E-state index in [1.807, 2.05) is 56.3 Å². The molecule has 3 nitrogen and oxygen atoms in total. The monoisotopic (exact) mass is 360 g/mol. The lowest BCUT2D eigenvalue weighted by molar-refractivity contribution is 0.103. The van der Waals surface area contributed by atoms with Crippen LogP contribution in [0.5, 0.6) is 0 Å². The lowest BCUT2D eigenvalue weighted by Gasteiger charge is -2.08. The van der Waals surface area contributed by atoms with Crippen molar-refractivity contribution in [1.29, 1.82) is 0 Å². The first-order chi connectivity index (χ1) is 12.5. The molecule has 0 saturated carbocycles. The van der Waals surface area contributed by atoms with Crippen molar-refractivity contribution in [3.63, 3.8) is 0 Å². The lowest BCUT2D eigenvalue weighted by atomic mass is 10.0. The summed E-state index contributed by atoms with van der Waals surface area (Å²) in [5, 5.41) is 6.17. The van der Waals surface area contributed by atoms with Gasteiger partial charge in [-0.1, -0.05) is 35.9 Å². The molecule has 0 bridgehead atoms. The Labute approximate surface area is 156 Å². The van der Waals surface area contributed by atoms with Crippen LogP contribution in [-0.4, -0.2) is 15.6 Å². The molecule has 0 aliphatic carbocycles. The summed E-state index contributed by atoms with van der Waals surface area (Å²) in [5.41, 5.74) is 5.05. The second kappa shape index (κ2) is 6.43. The maximum atomic E-state index is 13.3. The van der Waals surface area contributed by atoms with Gasteiger partial charge in [-0.15, -0.1) is 0 Å². The highest BCUT2D eigenvalue weighted by Crippen LogP contribution is 2.26. The van der Waals surface area contributed by atoms with Gasteiger partial charge in [0, 0.05) is 16.0 Å². The Bertz CT molecular complexity index is 1130. The third-order valence-corrected chi connectivity index (χ3v) is 4.65. The number of benzene rings is 3. The smallest absolute Gasteiger partial charge is 0.212 e. The third kappa shape index (κ3) is 2.91.